The fourth-order valence-electron chi connectivity index (χ4n) is 0.948. The molecule has 0 aliphatic carbocycles. The second kappa shape index (κ2) is 6.04. The average molecular weight is 279 g/mol. The van der Waals surface area contributed by atoms with Crippen molar-refractivity contribution in [3.63, 3.8) is 0 Å². The van der Waals surface area contributed by atoms with Crippen LogP contribution in [0.15, 0.2) is 34.8 Å². The molecule has 4 heteroatoms. The summed E-state index contributed by atoms with van der Waals surface area (Å²) in [7, 11) is 0. The quantitative estimate of drug-likeness (QED) is 0.652. The SMILES string of the molecule is Fc1ccc(Br)cc1NC/C=C/CCl. The van der Waals surface area contributed by atoms with E-state index >= 15 is 0 Å². The fourth-order valence-corrected chi connectivity index (χ4v) is 1.44. The van der Waals surface area contributed by atoms with E-state index in [1.807, 2.05) is 12.2 Å². The summed E-state index contributed by atoms with van der Waals surface area (Å²) < 4.78 is 14.0. The topological polar surface area (TPSA) is 12.0 Å². The minimum absolute atomic E-state index is 0.257. The first-order valence-electron chi connectivity index (χ1n) is 4.14. The summed E-state index contributed by atoms with van der Waals surface area (Å²) in [5.41, 5.74) is 0.485. The highest BCUT2D eigenvalue weighted by molar-refractivity contribution is 9.10. The average Bonchev–Trinajstić information content (AvgIpc) is 2.18. The standard InChI is InChI=1S/C10H10BrClFN/c11-8-3-4-9(13)10(7-8)14-6-2-1-5-12/h1-4,7,14H,5-6H2/b2-1+. The van der Waals surface area contributed by atoms with Crippen LogP contribution in [0.5, 0.6) is 0 Å². The predicted molar refractivity (Wildman–Crippen MR) is 62.4 cm³/mol. The Bertz CT molecular complexity index is 328. The largest absolute Gasteiger partial charge is 0.379 e. The second-order valence-corrected chi connectivity index (χ2v) is 3.86. The molecule has 0 fully saturated rings. The fraction of sp³-hybridized carbons (Fsp3) is 0.200. The Hall–Kier alpha value is -0.540. The van der Waals surface area contributed by atoms with Crippen LogP contribution in [0.2, 0.25) is 0 Å². The van der Waals surface area contributed by atoms with E-state index in [1.54, 1.807) is 12.1 Å². The van der Waals surface area contributed by atoms with Gasteiger partial charge in [-0.1, -0.05) is 28.1 Å². The Morgan fingerprint density at radius 1 is 1.43 bits per heavy atom. The number of halogens is 3. The van der Waals surface area contributed by atoms with E-state index < -0.39 is 0 Å². The van der Waals surface area contributed by atoms with Crippen LogP contribution in [-0.4, -0.2) is 12.4 Å². The molecule has 0 radical (unpaired) electrons. The van der Waals surface area contributed by atoms with Gasteiger partial charge in [0.05, 0.1) is 5.69 Å². The minimum Gasteiger partial charge on any atom is -0.379 e. The Balaban J connectivity index is 2.57. The summed E-state index contributed by atoms with van der Waals surface area (Å²) in [6, 6.07) is 4.77. The van der Waals surface area contributed by atoms with Gasteiger partial charge in [0.25, 0.3) is 0 Å². The van der Waals surface area contributed by atoms with Crippen molar-refractivity contribution in [2.24, 2.45) is 0 Å². The van der Waals surface area contributed by atoms with E-state index in [1.165, 1.54) is 6.07 Å². The summed E-state index contributed by atoms with van der Waals surface area (Å²) in [6.45, 7) is 0.570. The summed E-state index contributed by atoms with van der Waals surface area (Å²) in [6.07, 6.45) is 3.66. The van der Waals surface area contributed by atoms with Gasteiger partial charge in [-0.15, -0.1) is 11.6 Å². The van der Waals surface area contributed by atoms with Gasteiger partial charge < -0.3 is 5.32 Å². The van der Waals surface area contributed by atoms with Gasteiger partial charge in [0.1, 0.15) is 5.82 Å². The zero-order chi connectivity index (χ0) is 10.4. The number of anilines is 1. The van der Waals surface area contributed by atoms with E-state index in [2.05, 4.69) is 21.2 Å². The zero-order valence-corrected chi connectivity index (χ0v) is 9.78. The van der Waals surface area contributed by atoms with Crippen molar-refractivity contribution in [1.82, 2.24) is 0 Å². The smallest absolute Gasteiger partial charge is 0.146 e. The maximum absolute atomic E-state index is 13.1. The third-order valence-corrected chi connectivity index (χ3v) is 2.27. The molecule has 0 aromatic heterocycles. The van der Waals surface area contributed by atoms with Gasteiger partial charge in [-0.05, 0) is 18.2 Å². The van der Waals surface area contributed by atoms with Crippen LogP contribution in [0.4, 0.5) is 10.1 Å². The molecule has 0 heterocycles. The molecule has 1 rings (SSSR count). The monoisotopic (exact) mass is 277 g/mol. The van der Waals surface area contributed by atoms with Crippen molar-refractivity contribution in [3.8, 4) is 0 Å². The number of benzene rings is 1. The molecule has 1 aromatic rings. The molecule has 1 nitrogen and oxygen atoms in total. The van der Waals surface area contributed by atoms with Gasteiger partial charge in [0, 0.05) is 16.9 Å². The first-order chi connectivity index (χ1) is 6.74. The van der Waals surface area contributed by atoms with Gasteiger partial charge in [0.2, 0.25) is 0 Å². The van der Waals surface area contributed by atoms with E-state index in [9.17, 15) is 4.39 Å². The van der Waals surface area contributed by atoms with Crippen molar-refractivity contribution >= 4 is 33.2 Å². The lowest BCUT2D eigenvalue weighted by Gasteiger charge is -2.04. The molecular weight excluding hydrogens is 268 g/mol. The van der Waals surface area contributed by atoms with Gasteiger partial charge in [0.15, 0.2) is 0 Å². The summed E-state index contributed by atoms with van der Waals surface area (Å²) in [4.78, 5) is 0. The highest BCUT2D eigenvalue weighted by Gasteiger charge is 1.99. The predicted octanol–water partition coefficient (Wildman–Crippen LogP) is 3.80. The minimum atomic E-state index is -0.257. The van der Waals surface area contributed by atoms with Crippen molar-refractivity contribution in [1.29, 1.82) is 0 Å². The molecule has 0 unspecified atom stereocenters. The highest BCUT2D eigenvalue weighted by atomic mass is 79.9. The molecule has 14 heavy (non-hydrogen) atoms. The molecule has 76 valence electrons. The van der Waals surface area contributed by atoms with Crippen LogP contribution in [0, 0.1) is 5.82 Å². The van der Waals surface area contributed by atoms with E-state index in [-0.39, 0.29) is 5.82 Å². The van der Waals surface area contributed by atoms with Crippen LogP contribution in [0.1, 0.15) is 0 Å². The third-order valence-electron chi connectivity index (χ3n) is 1.59. The van der Waals surface area contributed by atoms with E-state index in [0.717, 1.165) is 4.47 Å². The van der Waals surface area contributed by atoms with E-state index in [4.69, 9.17) is 11.6 Å². The van der Waals surface area contributed by atoms with Crippen LogP contribution >= 0.6 is 27.5 Å². The lowest BCUT2D eigenvalue weighted by Crippen LogP contribution is -2.00. The van der Waals surface area contributed by atoms with Crippen LogP contribution in [0.25, 0.3) is 0 Å². The summed E-state index contributed by atoms with van der Waals surface area (Å²) in [5.74, 6) is 0.218. The van der Waals surface area contributed by atoms with Crippen LogP contribution in [0.3, 0.4) is 0 Å². The second-order valence-electron chi connectivity index (χ2n) is 2.63. The molecule has 1 N–H and O–H groups in total. The van der Waals surface area contributed by atoms with Gasteiger partial charge in [-0.3, -0.25) is 0 Å². The van der Waals surface area contributed by atoms with Gasteiger partial charge in [-0.2, -0.15) is 0 Å². The summed E-state index contributed by atoms with van der Waals surface area (Å²) >= 11 is 8.72. The maximum Gasteiger partial charge on any atom is 0.146 e. The number of allylic oxidation sites excluding steroid dienone is 1. The Labute approximate surface area is 96.1 Å². The molecule has 0 spiro atoms. The molecular formula is C10H10BrClFN. The molecule has 0 saturated carbocycles. The molecule has 0 aliphatic rings. The van der Waals surface area contributed by atoms with Crippen LogP contribution < -0.4 is 5.32 Å². The number of rotatable bonds is 4. The first-order valence-corrected chi connectivity index (χ1v) is 5.46. The maximum atomic E-state index is 13.1. The van der Waals surface area contributed by atoms with Gasteiger partial charge >= 0.3 is 0 Å². The van der Waals surface area contributed by atoms with Crippen molar-refractivity contribution in [2.45, 2.75) is 0 Å². The Morgan fingerprint density at radius 2 is 2.21 bits per heavy atom. The van der Waals surface area contributed by atoms with Gasteiger partial charge in [-0.25, -0.2) is 4.39 Å². The van der Waals surface area contributed by atoms with Crippen LogP contribution in [-0.2, 0) is 0 Å². The highest BCUT2D eigenvalue weighted by Crippen LogP contribution is 2.19. The first kappa shape index (κ1) is 11.5. The lowest BCUT2D eigenvalue weighted by molar-refractivity contribution is 0.630. The number of hydrogen-bond donors (Lipinski definition) is 1. The van der Waals surface area contributed by atoms with Crippen molar-refractivity contribution in [2.75, 3.05) is 17.7 Å². The third kappa shape index (κ3) is 3.68. The molecule has 0 saturated heterocycles. The number of hydrogen-bond acceptors (Lipinski definition) is 1. The zero-order valence-electron chi connectivity index (χ0n) is 7.43. The summed E-state index contributed by atoms with van der Waals surface area (Å²) in [5, 5.41) is 2.94. The molecule has 0 bridgehead atoms. The molecule has 1 aromatic carbocycles. The van der Waals surface area contributed by atoms with Crippen molar-refractivity contribution in [3.05, 3.63) is 40.6 Å². The molecule has 0 aliphatic heterocycles. The Morgan fingerprint density at radius 3 is 2.93 bits per heavy atom. The lowest BCUT2D eigenvalue weighted by atomic mass is 10.3. The normalized spacial score (nSPS) is 10.8. The molecule has 0 amide bonds. The van der Waals surface area contributed by atoms with Crippen molar-refractivity contribution < 1.29 is 4.39 Å². The Kier molecular flexibility index (Phi) is 4.98. The number of alkyl halides is 1. The number of nitrogens with one attached hydrogen (secondary N) is 1. The molecule has 0 atom stereocenters. The van der Waals surface area contributed by atoms with E-state index in [0.29, 0.717) is 18.1 Å².